The van der Waals surface area contributed by atoms with Crippen LogP contribution in [-0.4, -0.2) is 57.4 Å². The van der Waals surface area contributed by atoms with Crippen molar-refractivity contribution >= 4 is 32.8 Å². The number of nitrogens with zero attached hydrogens (tertiary/aromatic N) is 4. The molecule has 2 aliphatic heterocycles. The van der Waals surface area contributed by atoms with Crippen LogP contribution < -0.4 is 5.73 Å². The second kappa shape index (κ2) is 9.82. The Morgan fingerprint density at radius 1 is 0.967 bits per heavy atom. The number of anilines is 1. The average molecular weight is 476 g/mol. The van der Waals surface area contributed by atoms with Crippen LogP contribution in [0.3, 0.4) is 0 Å². The lowest BCUT2D eigenvalue weighted by Crippen LogP contribution is -2.20. The molecule has 0 spiro atoms. The van der Waals surface area contributed by atoms with Crippen molar-refractivity contribution in [3.63, 3.8) is 0 Å². The molecule has 0 amide bonds. The highest BCUT2D eigenvalue weighted by atomic mass is 79.9. The molecule has 0 unspecified atom stereocenters. The molecule has 9 heteroatoms. The molecule has 0 radical (unpaired) electrons. The van der Waals surface area contributed by atoms with Gasteiger partial charge in [0.25, 0.3) is 0 Å². The van der Waals surface area contributed by atoms with E-state index in [2.05, 4.69) is 25.9 Å². The predicted molar refractivity (Wildman–Crippen MR) is 118 cm³/mol. The van der Waals surface area contributed by atoms with Crippen molar-refractivity contribution in [1.29, 1.82) is 0 Å². The van der Waals surface area contributed by atoms with E-state index in [1.807, 2.05) is 28.9 Å². The number of benzene rings is 1. The van der Waals surface area contributed by atoms with Crippen molar-refractivity contribution < 1.29 is 14.6 Å². The summed E-state index contributed by atoms with van der Waals surface area (Å²) < 4.78 is 13.5. The van der Waals surface area contributed by atoms with Crippen LogP contribution in [-0.2, 0) is 9.47 Å². The molecule has 3 aromatic rings. The highest BCUT2D eigenvalue weighted by Crippen LogP contribution is 2.34. The molecule has 4 heterocycles. The van der Waals surface area contributed by atoms with Gasteiger partial charge in [0.2, 0.25) is 0 Å². The van der Waals surface area contributed by atoms with Gasteiger partial charge in [-0.2, -0.15) is 5.10 Å². The normalized spacial score (nSPS) is 18.2. The lowest BCUT2D eigenvalue weighted by Gasteiger charge is -2.22. The van der Waals surface area contributed by atoms with Gasteiger partial charge in [0.15, 0.2) is 5.65 Å². The van der Waals surface area contributed by atoms with Gasteiger partial charge in [-0.25, -0.2) is 14.6 Å². The van der Waals surface area contributed by atoms with Gasteiger partial charge in [0.1, 0.15) is 17.8 Å². The van der Waals surface area contributed by atoms with E-state index in [4.69, 9.17) is 25.4 Å². The maximum atomic E-state index is 8.83. The Bertz CT molecular complexity index is 967. The first kappa shape index (κ1) is 21.2. The minimum Gasteiger partial charge on any atom is -0.393 e. The number of hydrogen-bond donors (Lipinski definition) is 2. The van der Waals surface area contributed by atoms with E-state index >= 15 is 0 Å². The van der Waals surface area contributed by atoms with Gasteiger partial charge >= 0.3 is 0 Å². The summed E-state index contributed by atoms with van der Waals surface area (Å²) in [4.78, 5) is 8.59. The van der Waals surface area contributed by atoms with Gasteiger partial charge in [-0.05, 0) is 37.8 Å². The van der Waals surface area contributed by atoms with Crippen molar-refractivity contribution in [2.24, 2.45) is 0 Å². The van der Waals surface area contributed by atoms with Crippen molar-refractivity contribution in [2.75, 3.05) is 32.2 Å². The summed E-state index contributed by atoms with van der Waals surface area (Å²) >= 11 is 3.46. The predicted octanol–water partition coefficient (Wildman–Crippen LogP) is 3.35. The second-order valence-corrected chi connectivity index (χ2v) is 8.36. The molecule has 5 rings (SSSR count). The van der Waals surface area contributed by atoms with E-state index in [0.29, 0.717) is 5.82 Å². The number of hydrogen-bond acceptors (Lipinski definition) is 7. The van der Waals surface area contributed by atoms with Gasteiger partial charge in [-0.1, -0.05) is 28.1 Å². The Hall–Kier alpha value is -2.07. The maximum absolute atomic E-state index is 8.83. The maximum Gasteiger partial charge on any atom is 0.164 e. The third-order valence-corrected chi connectivity index (χ3v) is 5.89. The lowest BCUT2D eigenvalue weighted by atomic mass is 10.1. The minimum absolute atomic E-state index is 0.0891. The fourth-order valence-electron chi connectivity index (χ4n) is 3.67. The number of nitrogen functional groups attached to an aromatic ring is 1. The number of rotatable bonds is 2. The van der Waals surface area contributed by atoms with Crippen LogP contribution in [0, 0.1) is 0 Å². The van der Waals surface area contributed by atoms with E-state index in [1.54, 1.807) is 0 Å². The first-order valence-electron chi connectivity index (χ1n) is 10.2. The zero-order valence-electron chi connectivity index (χ0n) is 16.7. The first-order chi connectivity index (χ1) is 14.6. The fourth-order valence-corrected chi connectivity index (χ4v) is 3.94. The highest BCUT2D eigenvalue weighted by molar-refractivity contribution is 9.10. The molecule has 3 N–H and O–H groups in total. The molecule has 2 aromatic heterocycles. The zero-order chi connectivity index (χ0) is 20.9. The molecule has 2 saturated heterocycles. The molecule has 1 aromatic carbocycles. The zero-order valence-corrected chi connectivity index (χ0v) is 18.3. The molecule has 2 fully saturated rings. The second-order valence-electron chi connectivity index (χ2n) is 7.44. The number of aliphatic hydroxyl groups is 1. The molecule has 0 aliphatic carbocycles. The highest BCUT2D eigenvalue weighted by Gasteiger charge is 2.23. The molecular weight excluding hydrogens is 450 g/mol. The summed E-state index contributed by atoms with van der Waals surface area (Å²) in [6.45, 7) is 2.97. The molecule has 0 atom stereocenters. The van der Waals surface area contributed by atoms with Gasteiger partial charge in [0.05, 0.1) is 17.5 Å². The van der Waals surface area contributed by atoms with Crippen LogP contribution in [0.5, 0.6) is 0 Å². The third kappa shape index (κ3) is 4.80. The average Bonchev–Trinajstić information content (AvgIpc) is 3.17. The van der Waals surface area contributed by atoms with E-state index in [1.165, 1.54) is 6.33 Å². The Morgan fingerprint density at radius 3 is 2.20 bits per heavy atom. The summed E-state index contributed by atoms with van der Waals surface area (Å²) in [6.07, 6.45) is 4.91. The number of aliphatic hydroxyl groups excluding tert-OH is 1. The van der Waals surface area contributed by atoms with Gasteiger partial charge < -0.3 is 20.3 Å². The van der Waals surface area contributed by atoms with Crippen molar-refractivity contribution in [1.82, 2.24) is 19.7 Å². The fraction of sp³-hybridized carbons (Fsp3) is 0.476. The van der Waals surface area contributed by atoms with Crippen molar-refractivity contribution in [3.05, 3.63) is 35.1 Å². The number of halogens is 1. The van der Waals surface area contributed by atoms with Crippen molar-refractivity contribution in [2.45, 2.75) is 37.8 Å². The van der Waals surface area contributed by atoms with Crippen LogP contribution in [0.2, 0.25) is 0 Å². The standard InChI is InChI=1S/C16H16BrN5O.C5H10O2/c17-11-3-1-10(2-4-11)14-13-15(18)19-9-20-16(13)22(21-14)12-5-7-23-8-6-12;6-5-1-3-7-4-2-5/h1-4,9,12H,5-8H2,(H2,18,19,20);5-6H,1-4H2. The van der Waals surface area contributed by atoms with Crippen LogP contribution in [0.15, 0.2) is 35.1 Å². The summed E-state index contributed by atoms with van der Waals surface area (Å²) in [5, 5.41) is 14.5. The van der Waals surface area contributed by atoms with Gasteiger partial charge in [-0.15, -0.1) is 0 Å². The summed E-state index contributed by atoms with van der Waals surface area (Å²) in [7, 11) is 0. The first-order valence-corrected chi connectivity index (χ1v) is 11.0. The Labute approximate surface area is 183 Å². The van der Waals surface area contributed by atoms with Crippen LogP contribution in [0.25, 0.3) is 22.3 Å². The summed E-state index contributed by atoms with van der Waals surface area (Å²) in [5.41, 5.74) is 8.76. The Balaban J connectivity index is 0.000000265. The van der Waals surface area contributed by atoms with E-state index in [-0.39, 0.29) is 12.1 Å². The molecule has 160 valence electrons. The van der Waals surface area contributed by atoms with Gasteiger partial charge in [0, 0.05) is 36.5 Å². The minimum atomic E-state index is -0.0891. The molecule has 0 saturated carbocycles. The van der Waals surface area contributed by atoms with Crippen LogP contribution in [0.4, 0.5) is 5.82 Å². The topological polar surface area (TPSA) is 108 Å². The van der Waals surface area contributed by atoms with Crippen molar-refractivity contribution in [3.8, 4) is 11.3 Å². The Morgan fingerprint density at radius 2 is 1.60 bits per heavy atom. The largest absolute Gasteiger partial charge is 0.393 e. The lowest BCUT2D eigenvalue weighted by molar-refractivity contribution is 0.0140. The SMILES string of the molecule is Nc1ncnc2c1c(-c1ccc(Br)cc1)nn2C1CCOCC1.OC1CCOCC1. The van der Waals surface area contributed by atoms with Crippen LogP contribution in [0.1, 0.15) is 31.7 Å². The molecule has 8 nitrogen and oxygen atoms in total. The van der Waals surface area contributed by atoms with E-state index < -0.39 is 0 Å². The number of ether oxygens (including phenoxy) is 2. The number of nitrogens with two attached hydrogens (primary N) is 1. The quantitative estimate of drug-likeness (QED) is 0.584. The monoisotopic (exact) mass is 475 g/mol. The van der Waals surface area contributed by atoms with E-state index in [9.17, 15) is 0 Å². The van der Waals surface area contributed by atoms with E-state index in [0.717, 1.165) is 78.9 Å². The van der Waals surface area contributed by atoms with Gasteiger partial charge in [-0.3, -0.25) is 0 Å². The number of fused-ring (bicyclic) bond motifs is 1. The molecular formula is C21H26BrN5O3. The molecule has 30 heavy (non-hydrogen) atoms. The number of aromatic nitrogens is 4. The molecule has 2 aliphatic rings. The molecule has 0 bridgehead atoms. The smallest absolute Gasteiger partial charge is 0.164 e. The summed E-state index contributed by atoms with van der Waals surface area (Å²) in [5.74, 6) is 0.464. The van der Waals surface area contributed by atoms with Crippen LogP contribution >= 0.6 is 15.9 Å². The Kier molecular flexibility index (Phi) is 6.93. The third-order valence-electron chi connectivity index (χ3n) is 5.36. The summed E-state index contributed by atoms with van der Waals surface area (Å²) in [6, 6.07) is 8.31.